The normalized spacial score (nSPS) is 14.4. The lowest BCUT2D eigenvalue weighted by Gasteiger charge is -2.14. The molecule has 1 aromatic rings. The maximum Gasteiger partial charge on any atom is 0.286 e. The molecule has 1 heterocycles. The molecule has 74 valence electrons. The van der Waals surface area contributed by atoms with Gasteiger partial charge in [-0.3, -0.25) is 4.55 Å². The Labute approximate surface area is 77.2 Å². The molecule has 5 nitrogen and oxygen atoms in total. The van der Waals surface area contributed by atoms with Crippen molar-refractivity contribution in [2.24, 2.45) is 0 Å². The Bertz CT molecular complexity index is 382. The first-order valence-electron chi connectivity index (χ1n) is 3.92. The van der Waals surface area contributed by atoms with Crippen LogP contribution in [-0.2, 0) is 10.1 Å². The lowest BCUT2D eigenvalue weighted by atomic mass is 10.4. The van der Waals surface area contributed by atoms with Crippen LogP contribution in [0.15, 0.2) is 12.4 Å². The van der Waals surface area contributed by atoms with E-state index in [0.717, 1.165) is 0 Å². The van der Waals surface area contributed by atoms with Gasteiger partial charge in [0.1, 0.15) is 5.82 Å². The number of imidazole rings is 1. The minimum atomic E-state index is -4.04. The van der Waals surface area contributed by atoms with E-state index in [9.17, 15) is 8.42 Å². The number of aromatic nitrogens is 2. The zero-order valence-corrected chi connectivity index (χ0v) is 8.32. The van der Waals surface area contributed by atoms with Crippen LogP contribution in [0.3, 0.4) is 0 Å². The predicted octanol–water partition coefficient (Wildman–Crippen LogP) is 0.988. The number of hydrogen-bond acceptors (Lipinski definition) is 3. The van der Waals surface area contributed by atoms with Gasteiger partial charge in [-0.2, -0.15) is 8.42 Å². The van der Waals surface area contributed by atoms with Crippen molar-refractivity contribution in [1.82, 2.24) is 9.55 Å². The first-order chi connectivity index (χ1) is 5.96. The summed E-state index contributed by atoms with van der Waals surface area (Å²) in [7, 11) is -4.04. The highest BCUT2D eigenvalue weighted by Gasteiger charge is 2.23. The van der Waals surface area contributed by atoms with Crippen LogP contribution in [0, 0.1) is 6.92 Å². The van der Waals surface area contributed by atoms with Gasteiger partial charge in [-0.1, -0.05) is 6.92 Å². The molecular formula is C7H12N2O3S. The second-order valence-electron chi connectivity index (χ2n) is 2.76. The second-order valence-corrected chi connectivity index (χ2v) is 4.33. The fraction of sp³-hybridized carbons (Fsp3) is 0.571. The average Bonchev–Trinajstić information content (AvgIpc) is 2.35. The molecule has 0 bridgehead atoms. The van der Waals surface area contributed by atoms with Gasteiger partial charge in [0.2, 0.25) is 0 Å². The number of rotatable bonds is 3. The third-order valence-corrected chi connectivity index (χ3v) is 3.11. The second kappa shape index (κ2) is 3.47. The van der Waals surface area contributed by atoms with Crippen molar-refractivity contribution in [3.8, 4) is 0 Å². The van der Waals surface area contributed by atoms with E-state index >= 15 is 0 Å². The van der Waals surface area contributed by atoms with Crippen molar-refractivity contribution >= 4 is 10.1 Å². The molecule has 1 unspecified atom stereocenters. The zero-order valence-electron chi connectivity index (χ0n) is 7.51. The SMILES string of the molecule is CCC(n1ccnc1C)S(=O)(=O)O. The molecule has 6 heteroatoms. The topological polar surface area (TPSA) is 72.2 Å². The van der Waals surface area contributed by atoms with Crippen LogP contribution in [0.1, 0.15) is 24.5 Å². The van der Waals surface area contributed by atoms with Crippen molar-refractivity contribution in [2.75, 3.05) is 0 Å². The van der Waals surface area contributed by atoms with Crippen molar-refractivity contribution < 1.29 is 13.0 Å². The van der Waals surface area contributed by atoms with Crippen LogP contribution in [-0.4, -0.2) is 22.5 Å². The summed E-state index contributed by atoms with van der Waals surface area (Å²) < 4.78 is 32.2. The van der Waals surface area contributed by atoms with Gasteiger partial charge in [0.15, 0.2) is 5.37 Å². The van der Waals surface area contributed by atoms with Gasteiger partial charge in [0, 0.05) is 12.4 Å². The van der Waals surface area contributed by atoms with Gasteiger partial charge >= 0.3 is 0 Å². The van der Waals surface area contributed by atoms with Gasteiger partial charge in [-0.05, 0) is 13.3 Å². The maximum atomic E-state index is 10.9. The number of hydrogen-bond donors (Lipinski definition) is 1. The Hall–Kier alpha value is -0.880. The van der Waals surface area contributed by atoms with Crippen LogP contribution < -0.4 is 0 Å². The molecule has 0 amide bonds. The molecule has 0 aliphatic rings. The molecule has 0 saturated heterocycles. The van der Waals surface area contributed by atoms with Crippen LogP contribution in [0.4, 0.5) is 0 Å². The van der Waals surface area contributed by atoms with Crippen molar-refractivity contribution in [1.29, 1.82) is 0 Å². The van der Waals surface area contributed by atoms with Crippen LogP contribution in [0.5, 0.6) is 0 Å². The summed E-state index contributed by atoms with van der Waals surface area (Å²) in [4.78, 5) is 3.89. The van der Waals surface area contributed by atoms with Gasteiger partial charge in [-0.15, -0.1) is 0 Å². The number of nitrogens with zero attached hydrogens (tertiary/aromatic N) is 2. The van der Waals surface area contributed by atoms with E-state index in [-0.39, 0.29) is 0 Å². The van der Waals surface area contributed by atoms with Crippen LogP contribution in [0.2, 0.25) is 0 Å². The number of aryl methyl sites for hydroxylation is 1. The van der Waals surface area contributed by atoms with Crippen LogP contribution >= 0.6 is 0 Å². The van der Waals surface area contributed by atoms with Gasteiger partial charge in [-0.25, -0.2) is 4.98 Å². The van der Waals surface area contributed by atoms with Crippen LogP contribution in [0.25, 0.3) is 0 Å². The Morgan fingerprint density at radius 1 is 1.69 bits per heavy atom. The fourth-order valence-electron chi connectivity index (χ4n) is 1.24. The summed E-state index contributed by atoms with van der Waals surface area (Å²) in [6.07, 6.45) is 3.36. The minimum Gasteiger partial charge on any atom is -0.315 e. The van der Waals surface area contributed by atoms with Crippen molar-refractivity contribution in [2.45, 2.75) is 25.6 Å². The molecule has 0 saturated carbocycles. The van der Waals surface area contributed by atoms with E-state index in [2.05, 4.69) is 4.98 Å². The molecule has 0 aliphatic heterocycles. The quantitative estimate of drug-likeness (QED) is 0.745. The van der Waals surface area contributed by atoms with E-state index in [1.54, 1.807) is 13.8 Å². The van der Waals surface area contributed by atoms with E-state index in [0.29, 0.717) is 12.2 Å². The largest absolute Gasteiger partial charge is 0.315 e. The van der Waals surface area contributed by atoms with E-state index in [1.165, 1.54) is 17.0 Å². The monoisotopic (exact) mass is 204 g/mol. The molecule has 1 rings (SSSR count). The molecule has 0 aromatic carbocycles. The molecule has 13 heavy (non-hydrogen) atoms. The molecule has 0 spiro atoms. The molecule has 1 aromatic heterocycles. The third kappa shape index (κ3) is 2.07. The first kappa shape index (κ1) is 10.2. The standard InChI is InChI=1S/C7H12N2O3S/c1-3-7(13(10,11)12)9-5-4-8-6(9)2/h4-5,7H,3H2,1-2H3,(H,10,11,12). The minimum absolute atomic E-state index is 0.316. The summed E-state index contributed by atoms with van der Waals surface area (Å²) >= 11 is 0. The summed E-state index contributed by atoms with van der Waals surface area (Å²) in [6.45, 7) is 3.38. The van der Waals surface area contributed by atoms with Gasteiger partial charge in [0.05, 0.1) is 0 Å². The molecule has 1 atom stereocenters. The molecule has 0 radical (unpaired) electrons. The van der Waals surface area contributed by atoms with Crippen molar-refractivity contribution in [3.05, 3.63) is 18.2 Å². The maximum absolute atomic E-state index is 10.9. The first-order valence-corrected chi connectivity index (χ1v) is 5.43. The molecular weight excluding hydrogens is 192 g/mol. The van der Waals surface area contributed by atoms with Crippen molar-refractivity contribution in [3.63, 3.8) is 0 Å². The van der Waals surface area contributed by atoms with E-state index < -0.39 is 15.5 Å². The highest BCUT2D eigenvalue weighted by molar-refractivity contribution is 7.85. The summed E-state index contributed by atoms with van der Waals surface area (Å²) in [6, 6.07) is 0. The Kier molecular flexibility index (Phi) is 2.72. The molecule has 0 aliphatic carbocycles. The summed E-state index contributed by atoms with van der Waals surface area (Å²) in [5.74, 6) is 0.574. The zero-order chi connectivity index (χ0) is 10.1. The highest BCUT2D eigenvalue weighted by atomic mass is 32.2. The van der Waals surface area contributed by atoms with Gasteiger partial charge < -0.3 is 4.57 Å². The Balaban J connectivity index is 3.13. The lowest BCUT2D eigenvalue weighted by molar-refractivity contribution is 0.438. The summed E-state index contributed by atoms with van der Waals surface area (Å²) in [5, 5.41) is -0.921. The average molecular weight is 204 g/mol. The molecule has 0 fully saturated rings. The lowest BCUT2D eigenvalue weighted by Crippen LogP contribution is -2.18. The summed E-state index contributed by atoms with van der Waals surface area (Å²) in [5.41, 5.74) is 0. The Morgan fingerprint density at radius 3 is 2.62 bits per heavy atom. The van der Waals surface area contributed by atoms with Gasteiger partial charge in [0.25, 0.3) is 10.1 Å². The van der Waals surface area contributed by atoms with E-state index in [4.69, 9.17) is 4.55 Å². The predicted molar refractivity (Wildman–Crippen MR) is 47.8 cm³/mol. The fourth-order valence-corrected chi connectivity index (χ4v) is 2.17. The third-order valence-electron chi connectivity index (χ3n) is 1.87. The molecule has 1 N–H and O–H groups in total. The highest BCUT2D eigenvalue weighted by Crippen LogP contribution is 2.18. The van der Waals surface area contributed by atoms with E-state index in [1.807, 2.05) is 0 Å². The Morgan fingerprint density at radius 2 is 2.31 bits per heavy atom. The smallest absolute Gasteiger partial charge is 0.286 e.